The Morgan fingerprint density at radius 1 is 1.19 bits per heavy atom. The van der Waals surface area contributed by atoms with E-state index in [4.69, 9.17) is 11.6 Å². The van der Waals surface area contributed by atoms with Gasteiger partial charge in [0.25, 0.3) is 0 Å². The molecule has 0 aromatic heterocycles. The second-order valence-corrected chi connectivity index (χ2v) is 5.04. The van der Waals surface area contributed by atoms with Crippen LogP contribution < -0.4 is 0 Å². The molecule has 0 amide bonds. The maximum Gasteiger partial charge on any atom is 0.0408 e. The van der Waals surface area contributed by atoms with Gasteiger partial charge in [-0.2, -0.15) is 0 Å². The molecule has 0 fully saturated rings. The standard InChI is InChI=1S/C15H23Cl/c1-3-5-6-8-13(4-2)11-14-9-7-10-15(16)12-14/h7,9-10,12-13H,3-6,8,11H2,1-2H3. The topological polar surface area (TPSA) is 0 Å². The van der Waals surface area contributed by atoms with Gasteiger partial charge >= 0.3 is 0 Å². The number of unbranched alkanes of at least 4 members (excludes halogenated alkanes) is 2. The number of hydrogen-bond donors (Lipinski definition) is 0. The highest BCUT2D eigenvalue weighted by Crippen LogP contribution is 2.20. The van der Waals surface area contributed by atoms with Gasteiger partial charge in [0.2, 0.25) is 0 Å². The van der Waals surface area contributed by atoms with Crippen molar-refractivity contribution in [2.24, 2.45) is 5.92 Å². The minimum atomic E-state index is 0.824. The largest absolute Gasteiger partial charge is 0.0843 e. The van der Waals surface area contributed by atoms with E-state index in [1.165, 1.54) is 44.1 Å². The average molecular weight is 239 g/mol. The first-order valence-corrected chi connectivity index (χ1v) is 6.88. The van der Waals surface area contributed by atoms with Gasteiger partial charge < -0.3 is 0 Å². The molecule has 0 saturated heterocycles. The minimum absolute atomic E-state index is 0.824. The van der Waals surface area contributed by atoms with Crippen molar-refractivity contribution in [1.82, 2.24) is 0 Å². The van der Waals surface area contributed by atoms with Crippen LogP contribution in [0.2, 0.25) is 5.02 Å². The fourth-order valence-corrected chi connectivity index (χ4v) is 2.34. The average Bonchev–Trinajstić information content (AvgIpc) is 2.28. The van der Waals surface area contributed by atoms with Crippen molar-refractivity contribution in [3.8, 4) is 0 Å². The molecule has 1 unspecified atom stereocenters. The first-order valence-electron chi connectivity index (χ1n) is 6.50. The summed E-state index contributed by atoms with van der Waals surface area (Å²) in [6.45, 7) is 4.55. The van der Waals surface area contributed by atoms with E-state index in [-0.39, 0.29) is 0 Å². The summed E-state index contributed by atoms with van der Waals surface area (Å²) in [6.07, 6.45) is 7.86. The van der Waals surface area contributed by atoms with Crippen LogP contribution >= 0.6 is 11.6 Å². The molecule has 0 saturated carbocycles. The van der Waals surface area contributed by atoms with Crippen LogP contribution in [-0.2, 0) is 6.42 Å². The predicted molar refractivity (Wildman–Crippen MR) is 73.1 cm³/mol. The van der Waals surface area contributed by atoms with Gasteiger partial charge in [0.05, 0.1) is 0 Å². The van der Waals surface area contributed by atoms with Gasteiger partial charge in [-0.15, -0.1) is 0 Å². The normalized spacial score (nSPS) is 12.7. The van der Waals surface area contributed by atoms with E-state index in [2.05, 4.69) is 32.0 Å². The highest BCUT2D eigenvalue weighted by molar-refractivity contribution is 6.30. The van der Waals surface area contributed by atoms with Crippen molar-refractivity contribution in [2.75, 3.05) is 0 Å². The van der Waals surface area contributed by atoms with Crippen LogP contribution in [0.15, 0.2) is 24.3 Å². The summed E-state index contributed by atoms with van der Waals surface area (Å²) in [5.41, 5.74) is 1.39. The summed E-state index contributed by atoms with van der Waals surface area (Å²) < 4.78 is 0. The second kappa shape index (κ2) is 7.73. The Hall–Kier alpha value is -0.490. The molecule has 1 atom stereocenters. The lowest BCUT2D eigenvalue weighted by Crippen LogP contribution is -2.03. The van der Waals surface area contributed by atoms with Gasteiger partial charge in [0.1, 0.15) is 0 Å². The van der Waals surface area contributed by atoms with Crippen LogP contribution in [0.4, 0.5) is 0 Å². The molecule has 0 heterocycles. The third kappa shape index (κ3) is 5.03. The zero-order valence-corrected chi connectivity index (χ0v) is 11.3. The first-order chi connectivity index (χ1) is 7.76. The quantitative estimate of drug-likeness (QED) is 0.551. The van der Waals surface area contributed by atoms with E-state index in [9.17, 15) is 0 Å². The van der Waals surface area contributed by atoms with Gasteiger partial charge in [-0.05, 0) is 30.0 Å². The van der Waals surface area contributed by atoms with Gasteiger partial charge in [-0.3, -0.25) is 0 Å². The molecular weight excluding hydrogens is 216 g/mol. The van der Waals surface area contributed by atoms with E-state index in [0.29, 0.717) is 0 Å². The Labute approximate surface area is 105 Å². The SMILES string of the molecule is CCCCCC(CC)Cc1cccc(Cl)c1. The van der Waals surface area contributed by atoms with E-state index < -0.39 is 0 Å². The fourth-order valence-electron chi connectivity index (χ4n) is 2.13. The summed E-state index contributed by atoms with van der Waals surface area (Å²) in [6, 6.07) is 8.29. The Morgan fingerprint density at radius 3 is 2.62 bits per heavy atom. The van der Waals surface area contributed by atoms with E-state index >= 15 is 0 Å². The molecule has 16 heavy (non-hydrogen) atoms. The van der Waals surface area contributed by atoms with E-state index in [1.807, 2.05) is 6.07 Å². The maximum absolute atomic E-state index is 6.00. The third-order valence-corrected chi connectivity index (χ3v) is 3.44. The van der Waals surface area contributed by atoms with Crippen molar-refractivity contribution < 1.29 is 0 Å². The lowest BCUT2D eigenvalue weighted by atomic mass is 9.92. The van der Waals surface area contributed by atoms with Gasteiger partial charge in [-0.1, -0.05) is 69.7 Å². The summed E-state index contributed by atoms with van der Waals surface area (Å²) in [7, 11) is 0. The van der Waals surface area contributed by atoms with Crippen molar-refractivity contribution in [3.05, 3.63) is 34.9 Å². The number of rotatable bonds is 7. The summed E-state index contributed by atoms with van der Waals surface area (Å²) in [4.78, 5) is 0. The van der Waals surface area contributed by atoms with Crippen molar-refractivity contribution >= 4 is 11.6 Å². The first kappa shape index (κ1) is 13.6. The predicted octanol–water partition coefficient (Wildman–Crippen LogP) is 5.49. The number of hydrogen-bond acceptors (Lipinski definition) is 0. The van der Waals surface area contributed by atoms with Crippen molar-refractivity contribution in [3.63, 3.8) is 0 Å². The smallest absolute Gasteiger partial charge is 0.0408 e. The van der Waals surface area contributed by atoms with Gasteiger partial charge in [0.15, 0.2) is 0 Å². The molecule has 0 spiro atoms. The molecule has 1 rings (SSSR count). The molecule has 1 aromatic carbocycles. The summed E-state index contributed by atoms with van der Waals surface area (Å²) >= 11 is 6.00. The van der Waals surface area contributed by atoms with Gasteiger partial charge in [-0.25, -0.2) is 0 Å². The molecule has 0 aliphatic carbocycles. The Bertz CT molecular complexity index is 293. The highest BCUT2D eigenvalue weighted by atomic mass is 35.5. The van der Waals surface area contributed by atoms with Crippen molar-refractivity contribution in [2.45, 2.75) is 52.4 Å². The van der Waals surface area contributed by atoms with Crippen LogP contribution in [0.5, 0.6) is 0 Å². The molecule has 90 valence electrons. The third-order valence-electron chi connectivity index (χ3n) is 3.21. The monoisotopic (exact) mass is 238 g/mol. The Kier molecular flexibility index (Phi) is 6.56. The van der Waals surface area contributed by atoms with Crippen LogP contribution in [0.25, 0.3) is 0 Å². The molecule has 0 nitrogen and oxygen atoms in total. The molecule has 0 N–H and O–H groups in total. The van der Waals surface area contributed by atoms with E-state index in [0.717, 1.165) is 10.9 Å². The molecule has 0 aliphatic heterocycles. The van der Waals surface area contributed by atoms with Crippen LogP contribution in [0.3, 0.4) is 0 Å². The van der Waals surface area contributed by atoms with Crippen LogP contribution in [-0.4, -0.2) is 0 Å². The van der Waals surface area contributed by atoms with Crippen molar-refractivity contribution in [1.29, 1.82) is 0 Å². The maximum atomic E-state index is 6.00. The lowest BCUT2D eigenvalue weighted by Gasteiger charge is -2.14. The van der Waals surface area contributed by atoms with Crippen LogP contribution in [0.1, 0.15) is 51.5 Å². The zero-order valence-electron chi connectivity index (χ0n) is 10.5. The van der Waals surface area contributed by atoms with Crippen LogP contribution in [0, 0.1) is 5.92 Å². The summed E-state index contributed by atoms with van der Waals surface area (Å²) in [5, 5.41) is 0.862. The Balaban J connectivity index is 2.43. The molecular formula is C15H23Cl. The number of benzene rings is 1. The summed E-state index contributed by atoms with van der Waals surface area (Å²) in [5.74, 6) is 0.824. The molecule has 0 aliphatic rings. The number of halogens is 1. The van der Waals surface area contributed by atoms with E-state index in [1.54, 1.807) is 0 Å². The fraction of sp³-hybridized carbons (Fsp3) is 0.600. The zero-order chi connectivity index (χ0) is 11.8. The second-order valence-electron chi connectivity index (χ2n) is 4.60. The minimum Gasteiger partial charge on any atom is -0.0843 e. The van der Waals surface area contributed by atoms with Gasteiger partial charge in [0, 0.05) is 5.02 Å². The molecule has 1 heteroatoms. The molecule has 0 radical (unpaired) electrons. The highest BCUT2D eigenvalue weighted by Gasteiger charge is 2.07. The Morgan fingerprint density at radius 2 is 2.00 bits per heavy atom. The molecule has 0 bridgehead atoms. The lowest BCUT2D eigenvalue weighted by molar-refractivity contribution is 0.442. The molecule has 1 aromatic rings.